The lowest BCUT2D eigenvalue weighted by Crippen LogP contribution is -2.47. The molecule has 0 unspecified atom stereocenters. The average molecular weight is 457 g/mol. The van der Waals surface area contributed by atoms with Crippen LogP contribution in [-0.4, -0.2) is 26.9 Å². The van der Waals surface area contributed by atoms with Gasteiger partial charge in [-0.05, 0) is 42.2 Å². The maximum Gasteiger partial charge on any atom is 0.416 e. The Morgan fingerprint density at radius 1 is 0.968 bits per heavy atom. The minimum absolute atomic E-state index is 0.0942. The van der Waals surface area contributed by atoms with E-state index in [1.165, 1.54) is 30.3 Å². The van der Waals surface area contributed by atoms with Crippen molar-refractivity contribution >= 4 is 21.6 Å². The van der Waals surface area contributed by atoms with Crippen LogP contribution in [-0.2, 0) is 21.0 Å². The standard InChI is InChI=1S/C22H27F3N2O3S/c1-15(2)21(16(3)4)26-20(28)14-27(31(29,30)19-11-6-5-7-12-19)18-10-8-9-17(13-18)22(23,24)25/h5-13,15-16,21H,14H2,1-4H3,(H,26,28). The molecule has 0 aromatic heterocycles. The highest BCUT2D eigenvalue weighted by Crippen LogP contribution is 2.33. The van der Waals surface area contributed by atoms with Crippen molar-refractivity contribution in [1.29, 1.82) is 0 Å². The molecule has 0 spiro atoms. The highest BCUT2D eigenvalue weighted by atomic mass is 32.2. The molecule has 0 aliphatic rings. The third-order valence-corrected chi connectivity index (χ3v) is 6.63. The fraction of sp³-hybridized carbons (Fsp3) is 0.409. The van der Waals surface area contributed by atoms with Crippen LogP contribution >= 0.6 is 0 Å². The van der Waals surface area contributed by atoms with Crippen molar-refractivity contribution < 1.29 is 26.4 Å². The molecule has 2 rings (SSSR count). The van der Waals surface area contributed by atoms with Gasteiger partial charge in [0.25, 0.3) is 10.0 Å². The Bertz CT molecular complexity index is 983. The second-order valence-corrected chi connectivity index (χ2v) is 9.82. The van der Waals surface area contributed by atoms with Gasteiger partial charge in [0, 0.05) is 6.04 Å². The highest BCUT2D eigenvalue weighted by Gasteiger charge is 2.33. The van der Waals surface area contributed by atoms with E-state index in [-0.39, 0.29) is 28.5 Å². The number of rotatable bonds is 8. The minimum Gasteiger partial charge on any atom is -0.351 e. The number of carbonyl (C=O) groups is 1. The molecule has 0 saturated carbocycles. The first kappa shape index (κ1) is 24.7. The van der Waals surface area contributed by atoms with E-state index in [0.717, 1.165) is 18.2 Å². The first-order valence-electron chi connectivity index (χ1n) is 9.88. The number of sulfonamides is 1. The third kappa shape index (κ3) is 6.22. The zero-order chi connectivity index (χ0) is 23.4. The Balaban J connectivity index is 2.48. The normalized spacial score (nSPS) is 12.5. The molecule has 1 N–H and O–H groups in total. The maximum atomic E-state index is 13.2. The summed E-state index contributed by atoms with van der Waals surface area (Å²) in [4.78, 5) is 12.6. The molecule has 170 valence electrons. The second kappa shape index (κ2) is 9.72. The first-order valence-corrected chi connectivity index (χ1v) is 11.3. The Hall–Kier alpha value is -2.55. The van der Waals surface area contributed by atoms with Crippen molar-refractivity contribution in [2.75, 3.05) is 10.8 Å². The minimum atomic E-state index is -4.65. The molecule has 1 amide bonds. The lowest BCUT2D eigenvalue weighted by molar-refractivity contribution is -0.137. The van der Waals surface area contributed by atoms with E-state index in [9.17, 15) is 26.4 Å². The van der Waals surface area contributed by atoms with Crippen molar-refractivity contribution in [2.45, 2.75) is 44.8 Å². The molecule has 9 heteroatoms. The molecule has 5 nitrogen and oxygen atoms in total. The van der Waals surface area contributed by atoms with Crippen molar-refractivity contribution in [1.82, 2.24) is 5.32 Å². The van der Waals surface area contributed by atoms with Gasteiger partial charge in [0.15, 0.2) is 0 Å². The summed E-state index contributed by atoms with van der Waals surface area (Å²) in [6, 6.07) is 11.0. The summed E-state index contributed by atoms with van der Waals surface area (Å²) >= 11 is 0. The van der Waals surface area contributed by atoms with E-state index in [1.54, 1.807) is 6.07 Å². The summed E-state index contributed by atoms with van der Waals surface area (Å²) in [6.07, 6.45) is -4.65. The fourth-order valence-electron chi connectivity index (χ4n) is 3.34. The molecule has 31 heavy (non-hydrogen) atoms. The number of anilines is 1. The number of carbonyl (C=O) groups excluding carboxylic acids is 1. The van der Waals surface area contributed by atoms with Crippen molar-refractivity contribution in [3.8, 4) is 0 Å². The Morgan fingerprint density at radius 2 is 1.55 bits per heavy atom. The molecule has 0 aliphatic carbocycles. The van der Waals surface area contributed by atoms with E-state index < -0.39 is 34.2 Å². The fourth-order valence-corrected chi connectivity index (χ4v) is 4.77. The molecule has 0 bridgehead atoms. The van der Waals surface area contributed by atoms with Crippen LogP contribution in [0.2, 0.25) is 0 Å². The van der Waals surface area contributed by atoms with Crippen molar-refractivity contribution in [3.05, 3.63) is 60.2 Å². The first-order chi connectivity index (χ1) is 14.3. The van der Waals surface area contributed by atoms with E-state index in [1.807, 2.05) is 27.7 Å². The molecular formula is C22H27F3N2O3S. The average Bonchev–Trinajstić information content (AvgIpc) is 2.69. The zero-order valence-corrected chi connectivity index (χ0v) is 18.7. The van der Waals surface area contributed by atoms with Crippen molar-refractivity contribution in [2.24, 2.45) is 11.8 Å². The lowest BCUT2D eigenvalue weighted by Gasteiger charge is -2.29. The molecule has 0 atom stereocenters. The van der Waals surface area contributed by atoms with E-state index >= 15 is 0 Å². The molecule has 0 aliphatic heterocycles. The molecule has 0 fully saturated rings. The van der Waals surface area contributed by atoms with Crippen LogP contribution in [0.5, 0.6) is 0 Å². The van der Waals surface area contributed by atoms with Gasteiger partial charge in [0.1, 0.15) is 6.54 Å². The smallest absolute Gasteiger partial charge is 0.351 e. The van der Waals surface area contributed by atoms with Gasteiger partial charge >= 0.3 is 6.18 Å². The largest absolute Gasteiger partial charge is 0.416 e. The van der Waals surface area contributed by atoms with Crippen LogP contribution in [0.25, 0.3) is 0 Å². The zero-order valence-electron chi connectivity index (χ0n) is 17.8. The number of halogens is 3. The number of nitrogens with zero attached hydrogens (tertiary/aromatic N) is 1. The quantitative estimate of drug-likeness (QED) is 0.626. The molecule has 0 radical (unpaired) electrons. The summed E-state index contributed by atoms with van der Waals surface area (Å²) in [6.45, 7) is 7.06. The predicted octanol–water partition coefficient (Wildman–Crippen LogP) is 4.70. The van der Waals surface area contributed by atoms with E-state index in [2.05, 4.69) is 5.32 Å². The molecular weight excluding hydrogens is 429 g/mol. The number of amides is 1. The van der Waals surface area contributed by atoms with Crippen LogP contribution in [0.1, 0.15) is 33.3 Å². The number of benzene rings is 2. The van der Waals surface area contributed by atoms with Gasteiger partial charge in [-0.2, -0.15) is 13.2 Å². The molecule has 0 heterocycles. The molecule has 2 aromatic rings. The predicted molar refractivity (Wildman–Crippen MR) is 114 cm³/mol. The number of alkyl halides is 3. The summed E-state index contributed by atoms with van der Waals surface area (Å²) < 4.78 is 66.9. The SMILES string of the molecule is CC(C)C(NC(=O)CN(c1cccc(C(F)(F)F)c1)S(=O)(=O)c1ccccc1)C(C)C. The number of hydrogen-bond acceptors (Lipinski definition) is 3. The maximum absolute atomic E-state index is 13.2. The van der Waals surface area contributed by atoms with Gasteiger partial charge in [-0.25, -0.2) is 8.42 Å². The lowest BCUT2D eigenvalue weighted by atomic mass is 9.93. The summed E-state index contributed by atoms with van der Waals surface area (Å²) in [5.74, 6) is -0.405. The van der Waals surface area contributed by atoms with Gasteiger partial charge in [-0.15, -0.1) is 0 Å². The third-order valence-electron chi connectivity index (χ3n) is 4.84. The van der Waals surface area contributed by atoms with Crippen LogP contribution in [0.3, 0.4) is 0 Å². The summed E-state index contributed by atoms with van der Waals surface area (Å²) in [5, 5.41) is 2.82. The van der Waals surface area contributed by atoms with Crippen molar-refractivity contribution in [3.63, 3.8) is 0 Å². The van der Waals surface area contributed by atoms with Gasteiger partial charge in [0.2, 0.25) is 5.91 Å². The van der Waals surface area contributed by atoms with Gasteiger partial charge in [-0.3, -0.25) is 9.10 Å². The second-order valence-electron chi connectivity index (χ2n) is 7.95. The van der Waals surface area contributed by atoms with E-state index in [0.29, 0.717) is 4.31 Å². The van der Waals surface area contributed by atoms with Gasteiger partial charge < -0.3 is 5.32 Å². The van der Waals surface area contributed by atoms with Crippen LogP contribution < -0.4 is 9.62 Å². The van der Waals surface area contributed by atoms with E-state index in [4.69, 9.17) is 0 Å². The summed E-state index contributed by atoms with van der Waals surface area (Å²) in [7, 11) is -4.28. The van der Waals surface area contributed by atoms with Crippen LogP contribution in [0.15, 0.2) is 59.5 Å². The van der Waals surface area contributed by atoms with Crippen LogP contribution in [0, 0.1) is 11.8 Å². The Morgan fingerprint density at radius 3 is 2.06 bits per heavy atom. The monoisotopic (exact) mass is 456 g/mol. The topological polar surface area (TPSA) is 66.5 Å². The highest BCUT2D eigenvalue weighted by molar-refractivity contribution is 7.92. The molecule has 2 aromatic carbocycles. The molecule has 0 saturated heterocycles. The summed E-state index contributed by atoms with van der Waals surface area (Å²) in [5.41, 5.74) is -1.24. The number of nitrogens with one attached hydrogen (secondary N) is 1. The Kier molecular flexibility index (Phi) is 7.75. The number of hydrogen-bond donors (Lipinski definition) is 1. The Labute approximate surface area is 181 Å². The van der Waals surface area contributed by atoms with Gasteiger partial charge in [0.05, 0.1) is 16.1 Å². The van der Waals surface area contributed by atoms with Crippen LogP contribution in [0.4, 0.5) is 18.9 Å². The van der Waals surface area contributed by atoms with Gasteiger partial charge in [-0.1, -0.05) is 52.0 Å².